The molecule has 0 aromatic heterocycles. The summed E-state index contributed by atoms with van der Waals surface area (Å²) >= 11 is 0. The largest absolute Gasteiger partial charge is 0.481 e. The first kappa shape index (κ1) is 11.7. The van der Waals surface area contributed by atoms with Gasteiger partial charge in [-0.1, -0.05) is 0 Å². The van der Waals surface area contributed by atoms with E-state index in [0.717, 1.165) is 0 Å². The Bertz CT molecular complexity index is 183. The Balaban J connectivity index is 3.71. The van der Waals surface area contributed by atoms with E-state index in [2.05, 4.69) is 10.6 Å². The Hall–Kier alpha value is -1.30. The van der Waals surface area contributed by atoms with Gasteiger partial charge < -0.3 is 20.5 Å². The van der Waals surface area contributed by atoms with Gasteiger partial charge in [0, 0.05) is 20.7 Å². The van der Waals surface area contributed by atoms with Crippen LogP contribution in [0.15, 0.2) is 0 Å². The lowest BCUT2D eigenvalue weighted by atomic mass is 10.2. The van der Waals surface area contributed by atoms with E-state index in [-0.39, 0.29) is 19.0 Å². The quantitative estimate of drug-likeness (QED) is 0.540. The molecule has 6 nitrogen and oxygen atoms in total. The van der Waals surface area contributed by atoms with Crippen LogP contribution in [0.5, 0.6) is 0 Å². The van der Waals surface area contributed by atoms with Gasteiger partial charge in [0.15, 0.2) is 0 Å². The van der Waals surface area contributed by atoms with Crippen molar-refractivity contribution in [3.63, 3.8) is 0 Å². The minimum atomic E-state index is -0.953. The third kappa shape index (κ3) is 5.92. The van der Waals surface area contributed by atoms with Crippen molar-refractivity contribution in [2.24, 2.45) is 0 Å². The highest BCUT2D eigenvalue weighted by Crippen LogP contribution is 1.94. The van der Waals surface area contributed by atoms with Crippen molar-refractivity contribution in [1.82, 2.24) is 10.6 Å². The minimum absolute atomic E-state index is 0.125. The van der Waals surface area contributed by atoms with Crippen molar-refractivity contribution in [3.05, 3.63) is 0 Å². The van der Waals surface area contributed by atoms with Crippen LogP contribution in [0.3, 0.4) is 0 Å². The van der Waals surface area contributed by atoms with E-state index in [1.54, 1.807) is 0 Å². The van der Waals surface area contributed by atoms with E-state index < -0.39 is 12.1 Å². The number of carbonyl (C=O) groups is 2. The zero-order valence-corrected chi connectivity index (χ0v) is 7.66. The van der Waals surface area contributed by atoms with Gasteiger partial charge >= 0.3 is 12.0 Å². The Morgan fingerprint density at radius 2 is 2.15 bits per heavy atom. The second-order valence-corrected chi connectivity index (χ2v) is 2.42. The summed E-state index contributed by atoms with van der Waals surface area (Å²) in [5, 5.41) is 13.2. The molecule has 0 aliphatic heterocycles. The van der Waals surface area contributed by atoms with Crippen LogP contribution in [0, 0.1) is 0 Å². The molecule has 76 valence electrons. The van der Waals surface area contributed by atoms with E-state index in [1.165, 1.54) is 14.2 Å². The fourth-order valence-electron chi connectivity index (χ4n) is 0.729. The molecule has 2 amide bonds. The highest BCUT2D eigenvalue weighted by Gasteiger charge is 2.12. The van der Waals surface area contributed by atoms with Crippen molar-refractivity contribution in [3.8, 4) is 0 Å². The molecule has 0 bridgehead atoms. The van der Waals surface area contributed by atoms with Crippen LogP contribution in [-0.2, 0) is 9.53 Å². The fraction of sp³-hybridized carbons (Fsp3) is 0.714. The molecule has 0 aromatic rings. The third-order valence-electron chi connectivity index (χ3n) is 1.45. The summed E-state index contributed by atoms with van der Waals surface area (Å²) in [6.45, 7) is 0.183. The van der Waals surface area contributed by atoms with Crippen molar-refractivity contribution in [2.45, 2.75) is 12.5 Å². The molecular formula is C7H14N2O4. The molecule has 0 aromatic carbocycles. The molecule has 0 aliphatic carbocycles. The maximum Gasteiger partial charge on any atom is 0.314 e. The molecule has 3 N–H and O–H groups in total. The number of carboxylic acid groups (broad SMARTS) is 1. The molecule has 1 atom stereocenters. The molecule has 0 fully saturated rings. The van der Waals surface area contributed by atoms with E-state index in [4.69, 9.17) is 9.84 Å². The van der Waals surface area contributed by atoms with Gasteiger partial charge in [0.2, 0.25) is 0 Å². The molecule has 13 heavy (non-hydrogen) atoms. The molecule has 0 heterocycles. The topological polar surface area (TPSA) is 87.7 Å². The first-order valence-electron chi connectivity index (χ1n) is 3.80. The van der Waals surface area contributed by atoms with Crippen molar-refractivity contribution in [1.29, 1.82) is 0 Å². The van der Waals surface area contributed by atoms with Gasteiger partial charge in [-0.2, -0.15) is 0 Å². The van der Waals surface area contributed by atoms with Crippen LogP contribution in [0.2, 0.25) is 0 Å². The summed E-state index contributed by atoms with van der Waals surface area (Å²) in [5.74, 6) is -0.953. The molecule has 0 aliphatic rings. The van der Waals surface area contributed by atoms with Crippen molar-refractivity contribution >= 4 is 12.0 Å². The fourth-order valence-corrected chi connectivity index (χ4v) is 0.729. The molecule has 1 unspecified atom stereocenters. The number of rotatable bonds is 5. The predicted octanol–water partition coefficient (Wildman–Crippen LogP) is -0.595. The first-order valence-corrected chi connectivity index (χ1v) is 3.80. The summed E-state index contributed by atoms with van der Waals surface area (Å²) in [6.07, 6.45) is -0.615. The summed E-state index contributed by atoms with van der Waals surface area (Å²) in [7, 11) is 2.88. The predicted molar refractivity (Wildman–Crippen MR) is 45.5 cm³/mol. The molecule has 0 saturated heterocycles. The number of nitrogens with one attached hydrogen (secondary N) is 2. The maximum atomic E-state index is 10.7. The van der Waals surface area contributed by atoms with Crippen LogP contribution in [0.4, 0.5) is 4.79 Å². The lowest BCUT2D eigenvalue weighted by molar-refractivity contribution is -0.139. The van der Waals surface area contributed by atoms with Crippen molar-refractivity contribution in [2.75, 3.05) is 20.7 Å². The van der Waals surface area contributed by atoms with E-state index in [1.807, 2.05) is 0 Å². The number of ether oxygens (including phenoxy) is 1. The normalized spacial score (nSPS) is 11.8. The Labute approximate surface area is 76.3 Å². The van der Waals surface area contributed by atoms with Gasteiger partial charge in [-0.3, -0.25) is 4.79 Å². The smallest absolute Gasteiger partial charge is 0.314 e. The lowest BCUT2D eigenvalue weighted by Crippen LogP contribution is -2.39. The van der Waals surface area contributed by atoms with Crippen LogP contribution in [0.1, 0.15) is 6.42 Å². The maximum absolute atomic E-state index is 10.7. The number of carbonyl (C=O) groups excluding carboxylic acids is 1. The molecule has 0 radical (unpaired) electrons. The van der Waals surface area contributed by atoms with Gasteiger partial charge in [-0.05, 0) is 0 Å². The van der Waals surface area contributed by atoms with Gasteiger partial charge in [0.05, 0.1) is 12.5 Å². The van der Waals surface area contributed by atoms with E-state index in [9.17, 15) is 9.59 Å². The molecule has 0 rings (SSSR count). The number of amides is 2. The number of hydrogen-bond donors (Lipinski definition) is 3. The second kappa shape index (κ2) is 6.24. The average Bonchev–Trinajstić information content (AvgIpc) is 2.10. The number of carboxylic acids is 1. The standard InChI is InChI=1S/C7H14N2O4/c1-8-7(12)9-4-5(13-2)3-6(10)11/h5H,3-4H2,1-2H3,(H,10,11)(H2,8,9,12). The Morgan fingerprint density at radius 3 is 2.54 bits per heavy atom. The SMILES string of the molecule is CNC(=O)NCC(CC(=O)O)OC. The molecule has 0 spiro atoms. The van der Waals surface area contributed by atoms with Crippen LogP contribution in [0.25, 0.3) is 0 Å². The minimum Gasteiger partial charge on any atom is -0.481 e. The Morgan fingerprint density at radius 1 is 1.54 bits per heavy atom. The zero-order chi connectivity index (χ0) is 10.3. The Kier molecular flexibility index (Phi) is 5.62. The summed E-state index contributed by atoms with van der Waals surface area (Å²) in [4.78, 5) is 21.0. The summed E-state index contributed by atoms with van der Waals surface area (Å²) in [5.41, 5.74) is 0. The van der Waals surface area contributed by atoms with Gasteiger partial charge in [0.1, 0.15) is 0 Å². The zero-order valence-electron chi connectivity index (χ0n) is 7.66. The van der Waals surface area contributed by atoms with Gasteiger partial charge in [-0.15, -0.1) is 0 Å². The van der Waals surface area contributed by atoms with Crippen LogP contribution in [-0.4, -0.2) is 43.9 Å². The highest BCUT2D eigenvalue weighted by atomic mass is 16.5. The van der Waals surface area contributed by atoms with E-state index in [0.29, 0.717) is 0 Å². The van der Waals surface area contributed by atoms with Crippen LogP contribution < -0.4 is 10.6 Å². The van der Waals surface area contributed by atoms with E-state index >= 15 is 0 Å². The second-order valence-electron chi connectivity index (χ2n) is 2.42. The summed E-state index contributed by atoms with van der Waals surface area (Å²) < 4.78 is 4.83. The van der Waals surface area contributed by atoms with Gasteiger partial charge in [0.25, 0.3) is 0 Å². The molecular weight excluding hydrogens is 176 g/mol. The monoisotopic (exact) mass is 190 g/mol. The number of hydrogen-bond acceptors (Lipinski definition) is 3. The first-order chi connectivity index (χ1) is 6.10. The number of aliphatic carboxylic acids is 1. The third-order valence-corrected chi connectivity index (χ3v) is 1.45. The van der Waals surface area contributed by atoms with Crippen molar-refractivity contribution < 1.29 is 19.4 Å². The summed E-state index contributed by atoms with van der Waals surface area (Å²) in [6, 6.07) is -0.354. The highest BCUT2D eigenvalue weighted by molar-refractivity contribution is 5.73. The molecule has 6 heteroatoms. The van der Waals surface area contributed by atoms with Crippen LogP contribution >= 0.6 is 0 Å². The lowest BCUT2D eigenvalue weighted by Gasteiger charge is -2.13. The molecule has 0 saturated carbocycles. The average molecular weight is 190 g/mol. The number of urea groups is 1. The number of methoxy groups -OCH3 is 1. The van der Waals surface area contributed by atoms with Gasteiger partial charge in [-0.25, -0.2) is 4.79 Å².